The van der Waals surface area contributed by atoms with Crippen LogP contribution in [0.4, 0.5) is 0 Å². The Morgan fingerprint density at radius 2 is 1.94 bits per heavy atom. The lowest BCUT2D eigenvalue weighted by atomic mass is 9.95. The van der Waals surface area contributed by atoms with Gasteiger partial charge in [-0.1, -0.05) is 24.3 Å². The molecule has 32 heavy (non-hydrogen) atoms. The van der Waals surface area contributed by atoms with Gasteiger partial charge in [-0.25, -0.2) is 0 Å². The number of piperidine rings is 1. The molecule has 4 rings (SSSR count). The van der Waals surface area contributed by atoms with Crippen molar-refractivity contribution in [1.82, 2.24) is 4.90 Å². The predicted molar refractivity (Wildman–Crippen MR) is 122 cm³/mol. The second kappa shape index (κ2) is 9.17. The number of phenolic OH excluding ortho intramolecular Hbond substituents is 1. The van der Waals surface area contributed by atoms with E-state index in [2.05, 4.69) is 4.90 Å². The van der Waals surface area contributed by atoms with Crippen molar-refractivity contribution < 1.29 is 24.2 Å². The molecule has 0 radical (unpaired) electrons. The SMILES string of the molecule is CCOC(=O)C1CCN(Cc2c(O)cc(C)c3c2O/C(=C/c2ccccc2C)C3=O)CC1. The van der Waals surface area contributed by atoms with E-state index in [0.29, 0.717) is 61.5 Å². The van der Waals surface area contributed by atoms with Gasteiger partial charge in [0.2, 0.25) is 5.78 Å². The van der Waals surface area contributed by atoms with Crippen LogP contribution in [0.15, 0.2) is 36.1 Å². The smallest absolute Gasteiger partial charge is 0.309 e. The topological polar surface area (TPSA) is 76.1 Å². The molecular weight excluding hydrogens is 406 g/mol. The molecule has 6 nitrogen and oxygen atoms in total. The van der Waals surface area contributed by atoms with Gasteiger partial charge in [0.25, 0.3) is 0 Å². The standard InChI is InChI=1S/C26H29NO5/c1-4-31-26(30)18-9-11-27(12-10-18)15-20-21(28)13-17(3)23-24(29)22(32-25(20)23)14-19-8-6-5-7-16(19)2/h5-8,13-14,18,28H,4,9-12,15H2,1-3H3/b22-14+. The zero-order valence-corrected chi connectivity index (χ0v) is 18.8. The molecule has 2 aromatic carbocycles. The highest BCUT2D eigenvalue weighted by Crippen LogP contribution is 2.42. The molecule has 0 amide bonds. The number of hydrogen-bond acceptors (Lipinski definition) is 6. The van der Waals surface area contributed by atoms with E-state index in [1.807, 2.05) is 45.0 Å². The Morgan fingerprint density at radius 1 is 1.22 bits per heavy atom. The highest BCUT2D eigenvalue weighted by atomic mass is 16.5. The molecule has 168 valence electrons. The Kier molecular flexibility index (Phi) is 6.33. The van der Waals surface area contributed by atoms with E-state index >= 15 is 0 Å². The fourth-order valence-corrected chi connectivity index (χ4v) is 4.43. The van der Waals surface area contributed by atoms with E-state index in [9.17, 15) is 14.7 Å². The number of likely N-dealkylation sites (tertiary alicyclic amines) is 1. The monoisotopic (exact) mass is 435 g/mol. The summed E-state index contributed by atoms with van der Waals surface area (Å²) in [5.74, 6) is 0.461. The summed E-state index contributed by atoms with van der Waals surface area (Å²) in [7, 11) is 0. The van der Waals surface area contributed by atoms with Gasteiger partial charge >= 0.3 is 5.97 Å². The van der Waals surface area contributed by atoms with Gasteiger partial charge in [0.05, 0.1) is 23.7 Å². The van der Waals surface area contributed by atoms with Crippen molar-refractivity contribution in [3.05, 3.63) is 63.9 Å². The second-order valence-corrected chi connectivity index (χ2v) is 8.49. The van der Waals surface area contributed by atoms with Crippen molar-refractivity contribution in [2.45, 2.75) is 40.2 Å². The molecule has 2 aliphatic rings. The van der Waals surface area contributed by atoms with Crippen LogP contribution in [0.25, 0.3) is 6.08 Å². The molecule has 0 saturated carbocycles. The van der Waals surface area contributed by atoms with E-state index in [4.69, 9.17) is 9.47 Å². The average Bonchev–Trinajstić information content (AvgIpc) is 3.10. The number of nitrogens with zero attached hydrogens (tertiary/aromatic N) is 1. The van der Waals surface area contributed by atoms with Crippen LogP contribution >= 0.6 is 0 Å². The normalized spacial score (nSPS) is 18.0. The maximum absolute atomic E-state index is 13.1. The van der Waals surface area contributed by atoms with Gasteiger partial charge in [-0.2, -0.15) is 0 Å². The molecule has 0 spiro atoms. The zero-order valence-electron chi connectivity index (χ0n) is 18.8. The van der Waals surface area contributed by atoms with Gasteiger partial charge in [0, 0.05) is 6.54 Å². The van der Waals surface area contributed by atoms with Crippen LogP contribution in [-0.2, 0) is 16.1 Å². The highest BCUT2D eigenvalue weighted by Gasteiger charge is 2.34. The fourth-order valence-electron chi connectivity index (χ4n) is 4.43. The lowest BCUT2D eigenvalue weighted by Gasteiger charge is -2.31. The summed E-state index contributed by atoms with van der Waals surface area (Å²) >= 11 is 0. The first-order chi connectivity index (χ1) is 15.4. The molecule has 0 atom stereocenters. The lowest BCUT2D eigenvalue weighted by Crippen LogP contribution is -2.36. The Morgan fingerprint density at radius 3 is 2.62 bits per heavy atom. The second-order valence-electron chi connectivity index (χ2n) is 8.49. The van der Waals surface area contributed by atoms with Crippen molar-refractivity contribution in [2.75, 3.05) is 19.7 Å². The largest absolute Gasteiger partial charge is 0.507 e. The summed E-state index contributed by atoms with van der Waals surface area (Å²) in [5.41, 5.74) is 3.80. The first kappa shape index (κ1) is 22.1. The van der Waals surface area contributed by atoms with E-state index in [-0.39, 0.29) is 29.2 Å². The number of esters is 1. The first-order valence-electron chi connectivity index (χ1n) is 11.1. The maximum Gasteiger partial charge on any atom is 0.309 e. The summed E-state index contributed by atoms with van der Waals surface area (Å²) in [6, 6.07) is 9.45. The summed E-state index contributed by atoms with van der Waals surface area (Å²) < 4.78 is 11.2. The van der Waals surface area contributed by atoms with Crippen molar-refractivity contribution >= 4 is 17.8 Å². The average molecular weight is 436 g/mol. The number of ether oxygens (including phenoxy) is 2. The number of carbonyl (C=O) groups is 2. The molecule has 6 heteroatoms. The van der Waals surface area contributed by atoms with Gasteiger partial charge in [0.1, 0.15) is 11.5 Å². The number of phenols is 1. The Bertz CT molecular complexity index is 1080. The van der Waals surface area contributed by atoms with E-state index in [1.165, 1.54) is 0 Å². The number of aromatic hydroxyl groups is 1. The molecule has 1 N–H and O–H groups in total. The van der Waals surface area contributed by atoms with E-state index in [0.717, 1.165) is 11.1 Å². The minimum atomic E-state index is -0.164. The van der Waals surface area contributed by atoms with Crippen LogP contribution in [0, 0.1) is 19.8 Å². The fraction of sp³-hybridized carbons (Fsp3) is 0.385. The molecule has 0 unspecified atom stereocenters. The van der Waals surface area contributed by atoms with Crippen molar-refractivity contribution in [3.63, 3.8) is 0 Å². The first-order valence-corrected chi connectivity index (χ1v) is 11.1. The maximum atomic E-state index is 13.1. The molecule has 2 aromatic rings. The Labute approximate surface area is 188 Å². The van der Waals surface area contributed by atoms with Gasteiger partial charge in [0.15, 0.2) is 5.76 Å². The number of Topliss-reactive ketones (excluding diaryl/α,β-unsaturated/α-hetero) is 1. The molecule has 1 fully saturated rings. The Balaban J connectivity index is 1.57. The van der Waals surface area contributed by atoms with Crippen LogP contribution in [0.3, 0.4) is 0 Å². The van der Waals surface area contributed by atoms with Crippen molar-refractivity contribution in [1.29, 1.82) is 0 Å². The summed E-state index contributed by atoms with van der Waals surface area (Å²) in [4.78, 5) is 27.3. The summed E-state index contributed by atoms with van der Waals surface area (Å²) in [5, 5.41) is 10.7. The number of rotatable bonds is 5. The number of allylic oxidation sites excluding steroid dienone is 1. The molecular formula is C26H29NO5. The summed E-state index contributed by atoms with van der Waals surface area (Å²) in [6.45, 7) is 7.89. The molecule has 0 aromatic heterocycles. The molecule has 2 aliphatic heterocycles. The number of aryl methyl sites for hydroxylation is 2. The predicted octanol–water partition coefficient (Wildman–Crippen LogP) is 4.40. The van der Waals surface area contributed by atoms with Gasteiger partial charge in [-0.05, 0) is 75.5 Å². The molecule has 0 aliphatic carbocycles. The third-order valence-corrected chi connectivity index (χ3v) is 6.29. The number of carbonyl (C=O) groups excluding carboxylic acids is 2. The van der Waals surface area contributed by atoms with Crippen LogP contribution in [0.1, 0.15) is 52.4 Å². The van der Waals surface area contributed by atoms with E-state index < -0.39 is 0 Å². The minimum Gasteiger partial charge on any atom is -0.507 e. The number of fused-ring (bicyclic) bond motifs is 1. The van der Waals surface area contributed by atoms with Gasteiger partial charge in [-0.3, -0.25) is 14.5 Å². The molecule has 0 bridgehead atoms. The van der Waals surface area contributed by atoms with Gasteiger partial charge in [-0.15, -0.1) is 0 Å². The highest BCUT2D eigenvalue weighted by molar-refractivity contribution is 6.16. The van der Waals surface area contributed by atoms with E-state index in [1.54, 1.807) is 12.1 Å². The van der Waals surface area contributed by atoms with Crippen molar-refractivity contribution in [3.8, 4) is 11.5 Å². The number of hydrogen-bond donors (Lipinski definition) is 1. The van der Waals surface area contributed by atoms with Crippen LogP contribution in [0.5, 0.6) is 11.5 Å². The number of ketones is 1. The third kappa shape index (κ3) is 4.28. The lowest BCUT2D eigenvalue weighted by molar-refractivity contribution is -0.149. The van der Waals surface area contributed by atoms with Crippen LogP contribution < -0.4 is 4.74 Å². The Hall–Kier alpha value is -3.12. The quantitative estimate of drug-likeness (QED) is 0.554. The minimum absolute atomic E-state index is 0.0787. The van der Waals surface area contributed by atoms with Crippen LogP contribution in [-0.4, -0.2) is 41.5 Å². The van der Waals surface area contributed by atoms with Crippen molar-refractivity contribution in [2.24, 2.45) is 5.92 Å². The van der Waals surface area contributed by atoms with Crippen LogP contribution in [0.2, 0.25) is 0 Å². The molecule has 1 saturated heterocycles. The van der Waals surface area contributed by atoms with Gasteiger partial charge < -0.3 is 14.6 Å². The molecule has 2 heterocycles. The third-order valence-electron chi connectivity index (χ3n) is 6.29. The number of benzene rings is 2. The summed E-state index contributed by atoms with van der Waals surface area (Å²) in [6.07, 6.45) is 3.19. The zero-order chi connectivity index (χ0) is 22.8.